The predicted molar refractivity (Wildman–Crippen MR) is 122 cm³/mol. The van der Waals surface area contributed by atoms with E-state index in [-0.39, 0.29) is 0 Å². The van der Waals surface area contributed by atoms with Crippen molar-refractivity contribution in [1.82, 2.24) is 9.78 Å². The number of hydrogen-bond acceptors (Lipinski definition) is 3. The highest BCUT2D eigenvalue weighted by molar-refractivity contribution is 5.90. The Labute approximate surface area is 180 Å². The summed E-state index contributed by atoms with van der Waals surface area (Å²) in [7, 11) is 0. The summed E-state index contributed by atoms with van der Waals surface area (Å²) in [6.45, 7) is 0. The molecule has 0 saturated heterocycles. The van der Waals surface area contributed by atoms with Crippen molar-refractivity contribution in [3.05, 3.63) is 132 Å². The van der Waals surface area contributed by atoms with Gasteiger partial charge in [-0.05, 0) is 28.8 Å². The van der Waals surface area contributed by atoms with Gasteiger partial charge in [0.1, 0.15) is 5.54 Å². The largest absolute Gasteiger partial charge is 0.243 e. The molecule has 4 aromatic carbocycles. The van der Waals surface area contributed by atoms with Gasteiger partial charge in [0, 0.05) is 5.39 Å². The molecule has 0 aliphatic carbocycles. The molecule has 4 nitrogen and oxygen atoms in total. The maximum Gasteiger partial charge on any atom is 0.242 e. The molecule has 5 aromatic rings. The SMILES string of the molecule is O=C=Nc1nn(C(c2ccccc2)(c2ccccc2)c2ccccc2)c2ccccc12. The zero-order valence-corrected chi connectivity index (χ0v) is 16.7. The quantitative estimate of drug-likeness (QED) is 0.211. The minimum Gasteiger partial charge on any atom is -0.243 e. The first kappa shape index (κ1) is 18.7. The average molecular weight is 401 g/mol. The maximum absolute atomic E-state index is 11.1. The minimum absolute atomic E-state index is 0.359. The maximum atomic E-state index is 11.1. The van der Waals surface area contributed by atoms with Gasteiger partial charge in [0.25, 0.3) is 0 Å². The third kappa shape index (κ3) is 2.98. The average Bonchev–Trinajstić information content (AvgIpc) is 3.21. The van der Waals surface area contributed by atoms with Gasteiger partial charge in [-0.15, -0.1) is 10.1 Å². The van der Waals surface area contributed by atoms with Crippen molar-refractivity contribution >= 4 is 22.8 Å². The molecule has 0 saturated carbocycles. The summed E-state index contributed by atoms with van der Waals surface area (Å²) in [6.07, 6.45) is 1.66. The van der Waals surface area contributed by atoms with Crippen LogP contribution in [0.2, 0.25) is 0 Å². The van der Waals surface area contributed by atoms with Crippen molar-refractivity contribution in [2.75, 3.05) is 0 Å². The molecule has 0 aliphatic heterocycles. The number of rotatable bonds is 5. The van der Waals surface area contributed by atoms with Crippen molar-refractivity contribution < 1.29 is 4.79 Å². The number of aromatic nitrogens is 2. The smallest absolute Gasteiger partial charge is 0.242 e. The third-order valence-electron chi connectivity index (χ3n) is 5.61. The number of benzene rings is 4. The van der Waals surface area contributed by atoms with Crippen LogP contribution in [0.25, 0.3) is 10.9 Å². The first-order chi connectivity index (χ1) is 15.4. The summed E-state index contributed by atoms with van der Waals surface area (Å²) in [5.41, 5.74) is 3.29. The number of para-hydroxylation sites is 1. The first-order valence-electron chi connectivity index (χ1n) is 10.1. The third-order valence-corrected chi connectivity index (χ3v) is 5.61. The van der Waals surface area contributed by atoms with E-state index < -0.39 is 5.54 Å². The zero-order chi connectivity index (χ0) is 21.1. The number of aliphatic imine (C=N–C) groups is 1. The summed E-state index contributed by atoms with van der Waals surface area (Å²) in [6, 6.07) is 38.7. The lowest BCUT2D eigenvalue weighted by Gasteiger charge is -2.36. The number of nitrogens with zero attached hydrogens (tertiary/aromatic N) is 3. The highest BCUT2D eigenvalue weighted by Crippen LogP contribution is 2.43. The Balaban J connectivity index is 2.00. The van der Waals surface area contributed by atoms with E-state index >= 15 is 0 Å². The second-order valence-corrected chi connectivity index (χ2v) is 7.26. The van der Waals surface area contributed by atoms with Crippen LogP contribution in [0, 0.1) is 0 Å². The number of isocyanates is 1. The van der Waals surface area contributed by atoms with E-state index in [2.05, 4.69) is 41.4 Å². The number of hydrogen-bond donors (Lipinski definition) is 0. The molecule has 31 heavy (non-hydrogen) atoms. The zero-order valence-electron chi connectivity index (χ0n) is 16.7. The summed E-state index contributed by atoms with van der Waals surface area (Å²) in [4.78, 5) is 15.1. The molecule has 0 atom stereocenters. The van der Waals surface area contributed by atoms with E-state index in [1.54, 1.807) is 6.08 Å². The fraction of sp³-hybridized carbons (Fsp3) is 0.0370. The van der Waals surface area contributed by atoms with Gasteiger partial charge in [0.2, 0.25) is 6.08 Å². The van der Waals surface area contributed by atoms with E-state index in [9.17, 15) is 4.79 Å². The Morgan fingerprint density at radius 1 is 0.645 bits per heavy atom. The normalized spacial score (nSPS) is 11.2. The molecule has 0 fully saturated rings. The van der Waals surface area contributed by atoms with Crippen molar-refractivity contribution in [1.29, 1.82) is 0 Å². The van der Waals surface area contributed by atoms with Crippen molar-refractivity contribution in [3.63, 3.8) is 0 Å². The fourth-order valence-electron chi connectivity index (χ4n) is 4.34. The van der Waals surface area contributed by atoms with Crippen LogP contribution in [-0.4, -0.2) is 15.9 Å². The molecule has 4 heteroatoms. The van der Waals surface area contributed by atoms with Crippen LogP contribution in [0.3, 0.4) is 0 Å². The van der Waals surface area contributed by atoms with Crippen LogP contribution >= 0.6 is 0 Å². The molecule has 5 rings (SSSR count). The van der Waals surface area contributed by atoms with E-state index in [4.69, 9.17) is 5.10 Å². The summed E-state index contributed by atoms with van der Waals surface area (Å²) in [5, 5.41) is 5.67. The lowest BCUT2D eigenvalue weighted by atomic mass is 9.77. The molecule has 1 aromatic heterocycles. The Kier molecular flexibility index (Phi) is 4.75. The van der Waals surface area contributed by atoms with Gasteiger partial charge in [-0.2, -0.15) is 0 Å². The van der Waals surface area contributed by atoms with Gasteiger partial charge in [-0.1, -0.05) is 103 Å². The first-order valence-corrected chi connectivity index (χ1v) is 10.1. The minimum atomic E-state index is -0.764. The number of carbonyl (C=O) groups excluding carboxylic acids is 1. The van der Waals surface area contributed by atoms with Crippen LogP contribution in [-0.2, 0) is 10.3 Å². The van der Waals surface area contributed by atoms with Gasteiger partial charge in [0.05, 0.1) is 5.52 Å². The molecule has 0 bridgehead atoms. The molecule has 148 valence electrons. The van der Waals surface area contributed by atoms with Gasteiger partial charge in [-0.25, -0.2) is 9.48 Å². The van der Waals surface area contributed by atoms with Crippen LogP contribution in [0.4, 0.5) is 5.82 Å². The standard InChI is InChI=1S/C27H19N3O/c31-20-28-26-24-18-10-11-19-25(24)30(29-26)27(21-12-4-1-5-13-21,22-14-6-2-7-15-22)23-16-8-3-9-17-23/h1-19H. The van der Waals surface area contributed by atoms with Gasteiger partial charge < -0.3 is 0 Å². The highest BCUT2D eigenvalue weighted by atomic mass is 16.1. The second kappa shape index (κ2) is 7.86. The molecule has 0 N–H and O–H groups in total. The van der Waals surface area contributed by atoms with Crippen molar-refractivity contribution in [2.24, 2.45) is 4.99 Å². The van der Waals surface area contributed by atoms with E-state index in [0.717, 1.165) is 27.6 Å². The summed E-state index contributed by atoms with van der Waals surface area (Å²) < 4.78 is 1.98. The fourth-order valence-corrected chi connectivity index (χ4v) is 4.34. The topological polar surface area (TPSA) is 47.2 Å². The predicted octanol–water partition coefficient (Wildman–Crippen LogP) is 5.84. The Bertz CT molecular complexity index is 1270. The lowest BCUT2D eigenvalue weighted by Crippen LogP contribution is -2.38. The highest BCUT2D eigenvalue weighted by Gasteiger charge is 2.40. The number of fused-ring (bicyclic) bond motifs is 1. The van der Waals surface area contributed by atoms with Crippen molar-refractivity contribution in [2.45, 2.75) is 5.54 Å². The molecule has 0 aliphatic rings. The van der Waals surface area contributed by atoms with Crippen LogP contribution in [0.1, 0.15) is 16.7 Å². The van der Waals surface area contributed by atoms with E-state index in [1.807, 2.05) is 83.5 Å². The Hall–Kier alpha value is -4.27. The van der Waals surface area contributed by atoms with Gasteiger partial charge in [0.15, 0.2) is 5.82 Å². The summed E-state index contributed by atoms with van der Waals surface area (Å²) in [5.74, 6) is 0.359. The molecule has 0 unspecified atom stereocenters. The second-order valence-electron chi connectivity index (χ2n) is 7.26. The molecular weight excluding hydrogens is 382 g/mol. The monoisotopic (exact) mass is 401 g/mol. The Morgan fingerprint density at radius 3 is 1.58 bits per heavy atom. The van der Waals surface area contributed by atoms with E-state index in [0.29, 0.717) is 5.82 Å². The lowest BCUT2D eigenvalue weighted by molar-refractivity contribution is 0.477. The molecule has 0 spiro atoms. The van der Waals surface area contributed by atoms with Gasteiger partial charge >= 0.3 is 0 Å². The van der Waals surface area contributed by atoms with Crippen molar-refractivity contribution in [3.8, 4) is 0 Å². The Morgan fingerprint density at radius 2 is 1.10 bits per heavy atom. The molecule has 1 heterocycles. The van der Waals surface area contributed by atoms with Gasteiger partial charge in [-0.3, -0.25) is 0 Å². The van der Waals surface area contributed by atoms with Crippen LogP contribution in [0.5, 0.6) is 0 Å². The molecule has 0 amide bonds. The summed E-state index contributed by atoms with van der Waals surface area (Å²) >= 11 is 0. The molecular formula is C27H19N3O. The van der Waals surface area contributed by atoms with Crippen LogP contribution < -0.4 is 0 Å². The molecule has 0 radical (unpaired) electrons. The van der Waals surface area contributed by atoms with E-state index in [1.165, 1.54) is 0 Å². The van der Waals surface area contributed by atoms with Crippen LogP contribution in [0.15, 0.2) is 120 Å².